The van der Waals surface area contributed by atoms with Crippen LogP contribution < -0.4 is 4.72 Å². The van der Waals surface area contributed by atoms with E-state index < -0.39 is 15.8 Å². The molecule has 7 heteroatoms. The minimum absolute atomic E-state index is 0.0268. The molecular formula is C14H10BrFN2O2S. The molecule has 21 heavy (non-hydrogen) atoms. The van der Waals surface area contributed by atoms with Crippen molar-refractivity contribution in [3.63, 3.8) is 0 Å². The Bertz CT molecular complexity index is 827. The second-order valence-electron chi connectivity index (χ2n) is 4.31. The number of nitrogens with one attached hydrogen (secondary N) is 1. The molecule has 0 aliphatic rings. The zero-order valence-electron chi connectivity index (χ0n) is 10.9. The van der Waals surface area contributed by atoms with E-state index in [2.05, 4.69) is 20.7 Å². The second-order valence-corrected chi connectivity index (χ2v) is 6.79. The molecule has 0 saturated carbocycles. The highest BCUT2D eigenvalue weighted by Gasteiger charge is 2.19. The maximum absolute atomic E-state index is 13.5. The number of sulfonamides is 1. The van der Waals surface area contributed by atoms with Gasteiger partial charge in [0.25, 0.3) is 10.0 Å². The monoisotopic (exact) mass is 368 g/mol. The highest BCUT2D eigenvalue weighted by molar-refractivity contribution is 9.10. The van der Waals surface area contributed by atoms with Crippen LogP contribution in [0, 0.1) is 24.1 Å². The highest BCUT2D eigenvalue weighted by atomic mass is 79.9. The van der Waals surface area contributed by atoms with E-state index in [0.717, 1.165) is 11.6 Å². The zero-order valence-corrected chi connectivity index (χ0v) is 13.3. The van der Waals surface area contributed by atoms with Gasteiger partial charge in [-0.3, -0.25) is 4.72 Å². The van der Waals surface area contributed by atoms with Crippen molar-refractivity contribution in [1.82, 2.24) is 0 Å². The minimum atomic E-state index is -3.90. The van der Waals surface area contributed by atoms with E-state index in [1.54, 1.807) is 12.1 Å². The number of hydrogen-bond donors (Lipinski definition) is 1. The third-order valence-electron chi connectivity index (χ3n) is 2.78. The predicted octanol–water partition coefficient (Wildman–Crippen LogP) is 3.57. The molecule has 0 heterocycles. The lowest BCUT2D eigenvalue weighted by molar-refractivity contribution is 0.601. The van der Waals surface area contributed by atoms with Gasteiger partial charge in [-0.05, 0) is 47.1 Å². The maximum atomic E-state index is 13.5. The maximum Gasteiger partial charge on any atom is 0.261 e. The largest absolute Gasteiger partial charge is 0.277 e. The van der Waals surface area contributed by atoms with E-state index in [4.69, 9.17) is 5.26 Å². The number of halogens is 2. The van der Waals surface area contributed by atoms with Crippen molar-refractivity contribution in [2.75, 3.05) is 4.72 Å². The molecule has 0 aromatic heterocycles. The Kier molecular flexibility index (Phi) is 4.30. The van der Waals surface area contributed by atoms with Gasteiger partial charge in [-0.1, -0.05) is 17.7 Å². The number of rotatable bonds is 3. The predicted molar refractivity (Wildman–Crippen MR) is 80.8 cm³/mol. The summed E-state index contributed by atoms with van der Waals surface area (Å²) in [4.78, 5) is 0.0353. The van der Waals surface area contributed by atoms with Crippen LogP contribution in [0.3, 0.4) is 0 Å². The number of hydrogen-bond acceptors (Lipinski definition) is 3. The molecule has 4 nitrogen and oxygen atoms in total. The average Bonchev–Trinajstić information content (AvgIpc) is 2.44. The van der Waals surface area contributed by atoms with Crippen molar-refractivity contribution in [3.8, 4) is 6.07 Å². The number of nitrogens with zero attached hydrogens (tertiary/aromatic N) is 1. The standard InChI is InChI=1S/C14H10BrFN2O2S/c1-9-2-5-11(6-3-9)21(19,20)18-14-10(8-17)4-7-12(16)13(14)15/h2-7,18H,1H3. The third kappa shape index (κ3) is 3.23. The average molecular weight is 369 g/mol. The molecule has 2 rings (SSSR count). The Morgan fingerprint density at radius 3 is 2.38 bits per heavy atom. The molecule has 0 spiro atoms. The normalized spacial score (nSPS) is 11.0. The summed E-state index contributed by atoms with van der Waals surface area (Å²) in [5.74, 6) is -0.657. The molecule has 2 aromatic carbocycles. The van der Waals surface area contributed by atoms with Gasteiger partial charge in [0.05, 0.1) is 20.6 Å². The fourth-order valence-corrected chi connectivity index (χ4v) is 3.32. The lowest BCUT2D eigenvalue weighted by Gasteiger charge is -2.12. The van der Waals surface area contributed by atoms with Crippen molar-refractivity contribution < 1.29 is 12.8 Å². The summed E-state index contributed by atoms with van der Waals surface area (Å²) in [7, 11) is -3.90. The topological polar surface area (TPSA) is 70.0 Å². The number of benzene rings is 2. The van der Waals surface area contributed by atoms with E-state index in [-0.39, 0.29) is 20.6 Å². The summed E-state index contributed by atoms with van der Waals surface area (Å²) < 4.78 is 40.2. The first kappa shape index (κ1) is 15.5. The Labute approximate surface area is 130 Å². The Morgan fingerprint density at radius 1 is 1.19 bits per heavy atom. The first-order valence-electron chi connectivity index (χ1n) is 5.83. The first-order valence-corrected chi connectivity index (χ1v) is 8.10. The van der Waals surface area contributed by atoms with Crippen LogP contribution in [-0.4, -0.2) is 8.42 Å². The molecule has 108 valence electrons. The fourth-order valence-electron chi connectivity index (χ4n) is 1.65. The molecule has 0 fully saturated rings. The van der Waals surface area contributed by atoms with Gasteiger partial charge in [0, 0.05) is 0 Å². The molecule has 0 atom stereocenters. The van der Waals surface area contributed by atoms with Gasteiger partial charge in [-0.15, -0.1) is 0 Å². The van der Waals surface area contributed by atoms with E-state index >= 15 is 0 Å². The van der Waals surface area contributed by atoms with Crippen LogP contribution in [0.1, 0.15) is 11.1 Å². The first-order chi connectivity index (χ1) is 9.85. The Hall–Kier alpha value is -1.91. The van der Waals surface area contributed by atoms with Crippen LogP contribution in [0.2, 0.25) is 0 Å². The molecule has 0 aliphatic heterocycles. The van der Waals surface area contributed by atoms with Gasteiger partial charge < -0.3 is 0 Å². The van der Waals surface area contributed by atoms with E-state index in [0.29, 0.717) is 0 Å². The molecule has 0 aliphatic carbocycles. The summed E-state index contributed by atoms with van der Waals surface area (Å²) in [6, 6.07) is 10.3. The number of aryl methyl sites for hydroxylation is 1. The molecule has 1 N–H and O–H groups in total. The van der Waals surface area contributed by atoms with Crippen LogP contribution in [0.15, 0.2) is 45.8 Å². The van der Waals surface area contributed by atoms with Crippen LogP contribution in [0.5, 0.6) is 0 Å². The Balaban J connectivity index is 2.49. The van der Waals surface area contributed by atoms with Crippen LogP contribution in [-0.2, 0) is 10.0 Å². The molecular weight excluding hydrogens is 359 g/mol. The summed E-state index contributed by atoms with van der Waals surface area (Å²) in [5.41, 5.74) is 0.829. The summed E-state index contributed by atoms with van der Waals surface area (Å²) in [6.45, 7) is 1.83. The van der Waals surface area contributed by atoms with E-state index in [1.807, 2.05) is 13.0 Å². The van der Waals surface area contributed by atoms with Gasteiger partial charge >= 0.3 is 0 Å². The van der Waals surface area contributed by atoms with E-state index in [1.165, 1.54) is 18.2 Å². The zero-order chi connectivity index (χ0) is 15.6. The molecule has 0 bridgehead atoms. The van der Waals surface area contributed by atoms with Crippen LogP contribution >= 0.6 is 15.9 Å². The molecule has 0 unspecified atom stereocenters. The summed E-state index contributed by atoms with van der Waals surface area (Å²) in [6.07, 6.45) is 0. The van der Waals surface area contributed by atoms with E-state index in [9.17, 15) is 12.8 Å². The summed E-state index contributed by atoms with van der Waals surface area (Å²) >= 11 is 2.96. The Morgan fingerprint density at radius 2 is 1.81 bits per heavy atom. The smallest absolute Gasteiger partial charge is 0.261 e. The fraction of sp³-hybridized carbons (Fsp3) is 0.0714. The minimum Gasteiger partial charge on any atom is -0.277 e. The van der Waals surface area contributed by atoms with Crippen molar-refractivity contribution in [2.45, 2.75) is 11.8 Å². The van der Waals surface area contributed by atoms with Crippen LogP contribution in [0.25, 0.3) is 0 Å². The molecule has 2 aromatic rings. The van der Waals surface area contributed by atoms with Gasteiger partial charge in [0.2, 0.25) is 0 Å². The quantitative estimate of drug-likeness (QED) is 0.899. The second kappa shape index (κ2) is 5.84. The van der Waals surface area contributed by atoms with Crippen LogP contribution in [0.4, 0.5) is 10.1 Å². The lowest BCUT2D eigenvalue weighted by atomic mass is 10.2. The lowest BCUT2D eigenvalue weighted by Crippen LogP contribution is -2.14. The third-order valence-corrected chi connectivity index (χ3v) is 4.92. The van der Waals surface area contributed by atoms with Gasteiger partial charge in [0.1, 0.15) is 11.9 Å². The van der Waals surface area contributed by atoms with Gasteiger partial charge in [-0.2, -0.15) is 5.26 Å². The highest BCUT2D eigenvalue weighted by Crippen LogP contribution is 2.31. The van der Waals surface area contributed by atoms with Crippen molar-refractivity contribution in [3.05, 3.63) is 57.8 Å². The van der Waals surface area contributed by atoms with Crippen molar-refractivity contribution in [2.24, 2.45) is 0 Å². The molecule has 0 radical (unpaired) electrons. The summed E-state index contributed by atoms with van der Waals surface area (Å²) in [5, 5.41) is 9.01. The van der Waals surface area contributed by atoms with Crippen molar-refractivity contribution in [1.29, 1.82) is 5.26 Å². The SMILES string of the molecule is Cc1ccc(S(=O)(=O)Nc2c(C#N)ccc(F)c2Br)cc1. The molecule has 0 amide bonds. The number of anilines is 1. The molecule has 0 saturated heterocycles. The van der Waals surface area contributed by atoms with Crippen molar-refractivity contribution >= 4 is 31.6 Å². The number of nitriles is 1. The van der Waals surface area contributed by atoms with Gasteiger partial charge in [-0.25, -0.2) is 12.8 Å². The van der Waals surface area contributed by atoms with Gasteiger partial charge in [0.15, 0.2) is 0 Å².